The summed E-state index contributed by atoms with van der Waals surface area (Å²) in [6.07, 6.45) is 0. The molecule has 0 fully saturated rings. The minimum absolute atomic E-state index is 0.321. The van der Waals surface area contributed by atoms with Crippen LogP contribution in [0.15, 0.2) is 58.7 Å². The van der Waals surface area contributed by atoms with E-state index in [1.165, 1.54) is 13.8 Å². The summed E-state index contributed by atoms with van der Waals surface area (Å²) >= 11 is 19.7. The van der Waals surface area contributed by atoms with Crippen molar-refractivity contribution in [3.63, 3.8) is 0 Å². The van der Waals surface area contributed by atoms with Gasteiger partial charge in [0.05, 0.1) is 47.1 Å². The Morgan fingerprint density at radius 1 is 0.338 bits per heavy atom. The summed E-state index contributed by atoms with van der Waals surface area (Å²) in [5.41, 5.74) is 4.05. The fraction of sp³-hybridized carbons (Fsp3) is 0.478. The van der Waals surface area contributed by atoms with Gasteiger partial charge in [-0.25, -0.2) is 14.4 Å². The normalized spacial score (nSPS) is 20.8. The average Bonchev–Trinajstić information content (AvgIpc) is 3.99. The molecule has 0 saturated heterocycles. The molecule has 0 saturated carbocycles. The molecule has 22 heteroatoms. The predicted molar refractivity (Wildman–Crippen MR) is 286 cm³/mol. The molecule has 6 heterocycles. The Hall–Kier alpha value is -0.790. The molecular weight excluding hydrogens is 1100 g/mol. The minimum Gasteiger partial charge on any atom is -0.478 e. The first-order valence-electron chi connectivity index (χ1n) is 21.1. The van der Waals surface area contributed by atoms with E-state index in [1.54, 1.807) is 141 Å². The molecule has 0 unspecified atom stereocenters. The summed E-state index contributed by atoms with van der Waals surface area (Å²) < 4.78 is 19.1. The molecule has 10 nitrogen and oxygen atoms in total. The van der Waals surface area contributed by atoms with E-state index in [0.717, 1.165) is 81.4 Å². The van der Waals surface area contributed by atoms with Crippen molar-refractivity contribution in [2.45, 2.75) is 180 Å². The largest absolute Gasteiger partial charge is 0.478 e. The van der Waals surface area contributed by atoms with E-state index < -0.39 is 67.9 Å². The summed E-state index contributed by atoms with van der Waals surface area (Å²) in [4.78, 5) is 76.5. The third kappa shape index (κ3) is 9.62. The topological polar surface area (TPSA) is 142 Å². The van der Waals surface area contributed by atoms with Gasteiger partial charge in [0.2, 0.25) is 13.6 Å². The Balaban J connectivity index is 1.46. The maximum absolute atomic E-state index is 14.6. The van der Waals surface area contributed by atoms with Crippen LogP contribution in [0.1, 0.15) is 145 Å². The lowest BCUT2D eigenvalue weighted by Gasteiger charge is -2.31. The Labute approximate surface area is 447 Å². The number of fused-ring (bicyclic) bond motifs is 6. The van der Waals surface area contributed by atoms with Crippen molar-refractivity contribution >= 4 is 171 Å². The number of carbonyl (C=O) groups is 5. The van der Waals surface area contributed by atoms with E-state index in [-0.39, 0.29) is 0 Å². The van der Waals surface area contributed by atoms with Crippen molar-refractivity contribution in [2.75, 3.05) is 13.6 Å². The van der Waals surface area contributed by atoms with Gasteiger partial charge in [0.25, 0.3) is 0 Å². The molecule has 1 radical (unpaired) electrons. The SMILES string of the molecule is CC(=O)OCOC(=O)c1c2c(c([C](c3c4c(c(C(=O)O)c5c3SC(C)(C)S5)SC(C)(C)S4)c3c4c(c(C(=O)OCOC(C)=O)c5c3SC(C)(C)S5)SC(C)(C)S4)c3c1SC(C)(C)S3)SC(C)(C)S2. The zero-order chi connectivity index (χ0) is 49.6. The maximum Gasteiger partial charge on any atom is 0.343 e. The van der Waals surface area contributed by atoms with Crippen LogP contribution in [-0.2, 0) is 28.5 Å². The molecule has 0 amide bonds. The fourth-order valence-electron chi connectivity index (χ4n) is 8.32. The molecule has 363 valence electrons. The zero-order valence-electron chi connectivity index (χ0n) is 39.4. The number of hydrogen-bond acceptors (Lipinski definition) is 21. The standard InChI is InChI=1S/C46H47O10S12/c1-17(47)53-15-55-39(51)24-34-28(59-43(7,8)65-34)21(29-35(24)66-44(9,10)60-29)19(20-26-32(63-41(3,4)57-26)23(38(49)50)33-27(20)58-42(5,6)64-33)22-30-36(67-45(11,12)61-30)25(40(52)56-16-54-18(2)48)37-31(22)62-46(13,14)68-37/h15-16H2,1-14H3,(H,49,50). The van der Waals surface area contributed by atoms with Crippen LogP contribution in [0.3, 0.4) is 0 Å². The van der Waals surface area contributed by atoms with Gasteiger partial charge in [-0.05, 0) is 99.8 Å². The van der Waals surface area contributed by atoms with Crippen molar-refractivity contribution in [1.82, 2.24) is 0 Å². The molecule has 0 aliphatic carbocycles. The summed E-state index contributed by atoms with van der Waals surface area (Å²) in [6.45, 7) is 27.2. The average molecular weight is 1140 g/mol. The number of hydrogen-bond donors (Lipinski definition) is 1. The summed E-state index contributed by atoms with van der Waals surface area (Å²) in [5, 5.41) is 11.2. The van der Waals surface area contributed by atoms with Crippen LogP contribution in [0.4, 0.5) is 0 Å². The number of thioether (sulfide) groups is 12. The van der Waals surface area contributed by atoms with E-state index in [4.69, 9.17) is 18.9 Å². The van der Waals surface area contributed by atoms with Crippen LogP contribution < -0.4 is 0 Å². The second-order valence-electron chi connectivity index (χ2n) is 18.9. The summed E-state index contributed by atoms with van der Waals surface area (Å²) in [7, 11) is 0. The Morgan fingerprint density at radius 2 is 0.529 bits per heavy atom. The number of rotatable bonds is 10. The molecule has 6 aliphatic heterocycles. The van der Waals surface area contributed by atoms with Crippen molar-refractivity contribution < 1.29 is 48.0 Å². The Kier molecular flexibility index (Phi) is 13.8. The first-order valence-corrected chi connectivity index (χ1v) is 30.9. The van der Waals surface area contributed by atoms with Gasteiger partial charge in [-0.3, -0.25) is 9.59 Å². The highest BCUT2D eigenvalue weighted by Gasteiger charge is 2.54. The number of carboxylic acid groups (broad SMARTS) is 1. The molecule has 0 atom stereocenters. The number of aromatic carboxylic acids is 1. The van der Waals surface area contributed by atoms with Gasteiger partial charge in [0, 0.05) is 72.6 Å². The third-order valence-electron chi connectivity index (χ3n) is 10.4. The zero-order valence-corrected chi connectivity index (χ0v) is 49.2. The van der Waals surface area contributed by atoms with Gasteiger partial charge in [0.15, 0.2) is 0 Å². The molecule has 9 rings (SSSR count). The lowest BCUT2D eigenvalue weighted by atomic mass is 9.83. The molecule has 0 aromatic heterocycles. The maximum atomic E-state index is 14.6. The molecule has 1 N–H and O–H groups in total. The van der Waals surface area contributed by atoms with Crippen molar-refractivity contribution in [3.05, 3.63) is 39.3 Å². The number of carboxylic acids is 1. The molecule has 0 spiro atoms. The van der Waals surface area contributed by atoms with Gasteiger partial charge in [-0.1, -0.05) is 0 Å². The quantitative estimate of drug-likeness (QED) is 0.117. The van der Waals surface area contributed by atoms with Crippen molar-refractivity contribution in [2.24, 2.45) is 0 Å². The number of esters is 4. The number of ether oxygens (including phenoxy) is 4. The predicted octanol–water partition coefficient (Wildman–Crippen LogP) is 15.4. The number of carbonyl (C=O) groups excluding carboxylic acids is 4. The van der Waals surface area contributed by atoms with Crippen molar-refractivity contribution in [1.29, 1.82) is 0 Å². The van der Waals surface area contributed by atoms with Crippen LogP contribution in [-0.4, -0.2) is 73.0 Å². The Bertz CT molecular complexity index is 2550. The Morgan fingerprint density at radius 3 is 0.721 bits per heavy atom. The lowest BCUT2D eigenvalue weighted by molar-refractivity contribution is -0.150. The second kappa shape index (κ2) is 18.0. The summed E-state index contributed by atoms with van der Waals surface area (Å²) in [5.74, 6) is -2.33. The second-order valence-corrected chi connectivity index (χ2v) is 40.0. The van der Waals surface area contributed by atoms with E-state index in [0.29, 0.717) is 16.7 Å². The highest BCUT2D eigenvalue weighted by molar-refractivity contribution is 8.23. The van der Waals surface area contributed by atoms with Gasteiger partial charge in [-0.15, -0.1) is 141 Å². The van der Waals surface area contributed by atoms with Crippen molar-refractivity contribution in [3.8, 4) is 0 Å². The molecule has 0 bridgehead atoms. The smallest absolute Gasteiger partial charge is 0.343 e. The molecule has 3 aromatic rings. The van der Waals surface area contributed by atoms with Crippen LogP contribution >= 0.6 is 141 Å². The minimum atomic E-state index is -0.969. The van der Waals surface area contributed by atoms with E-state index in [1.807, 2.05) is 0 Å². The fourth-order valence-corrected chi connectivity index (χ4v) is 26.0. The van der Waals surface area contributed by atoms with Crippen LogP contribution in [0.25, 0.3) is 0 Å². The van der Waals surface area contributed by atoms with Gasteiger partial charge in [0.1, 0.15) is 0 Å². The lowest BCUT2D eigenvalue weighted by Crippen LogP contribution is -2.18. The van der Waals surface area contributed by atoms with Gasteiger partial charge in [-0.2, -0.15) is 0 Å². The highest BCUT2D eigenvalue weighted by atomic mass is 32.2. The highest BCUT2D eigenvalue weighted by Crippen LogP contribution is 2.74. The van der Waals surface area contributed by atoms with Crippen LogP contribution in [0, 0.1) is 5.92 Å². The molecule has 3 aromatic carbocycles. The molecular formula is C46H47O10S12. The monoisotopic (exact) mass is 1140 g/mol. The van der Waals surface area contributed by atoms with Crippen LogP contribution in [0.5, 0.6) is 0 Å². The van der Waals surface area contributed by atoms with E-state index in [9.17, 15) is 29.1 Å². The van der Waals surface area contributed by atoms with E-state index in [2.05, 4.69) is 83.1 Å². The number of benzene rings is 3. The first kappa shape index (κ1) is 52.1. The van der Waals surface area contributed by atoms with E-state index >= 15 is 0 Å². The first-order chi connectivity index (χ1) is 31.4. The third-order valence-corrected chi connectivity index (χ3v) is 27.4. The van der Waals surface area contributed by atoms with Gasteiger partial charge < -0.3 is 24.1 Å². The molecule has 6 aliphatic rings. The summed E-state index contributed by atoms with van der Waals surface area (Å²) in [6, 6.07) is 0. The molecule has 68 heavy (non-hydrogen) atoms. The van der Waals surface area contributed by atoms with Crippen LogP contribution in [0.2, 0.25) is 0 Å². The van der Waals surface area contributed by atoms with Gasteiger partial charge >= 0.3 is 29.8 Å².